The molecule has 0 unspecified atom stereocenters. The first-order chi connectivity index (χ1) is 21.8. The lowest BCUT2D eigenvalue weighted by molar-refractivity contribution is -0.146. The third-order valence-corrected chi connectivity index (χ3v) is 7.47. The number of nitrogens with zero attached hydrogens (tertiary/aromatic N) is 2. The lowest BCUT2D eigenvalue weighted by Gasteiger charge is -2.30. The number of carbonyl (C=O) groups excluding carboxylic acids is 5. The van der Waals surface area contributed by atoms with Crippen LogP contribution in [0.15, 0.2) is 36.4 Å². The molecule has 4 atom stereocenters. The Labute approximate surface area is 266 Å². The quantitative estimate of drug-likeness (QED) is 0.270. The zero-order valence-corrected chi connectivity index (χ0v) is 26.8. The number of allylic oxidation sites excluding steroid dienone is 1. The van der Waals surface area contributed by atoms with Gasteiger partial charge in [-0.3, -0.25) is 9.59 Å². The molecule has 1 saturated heterocycles. The molecule has 0 saturated carbocycles. The Morgan fingerprint density at radius 1 is 1.04 bits per heavy atom. The van der Waals surface area contributed by atoms with Gasteiger partial charge in [0, 0.05) is 23.9 Å². The fraction of sp³-hybridized carbons (Fsp3) is 0.500. The Morgan fingerprint density at radius 2 is 1.80 bits per heavy atom. The molecule has 3 amide bonds. The van der Waals surface area contributed by atoms with Gasteiger partial charge in [-0.2, -0.15) is 0 Å². The Hall–Kier alpha value is -4.88. The van der Waals surface area contributed by atoms with E-state index in [9.17, 15) is 24.0 Å². The molecular formula is C32H40N4O10. The highest BCUT2D eigenvalue weighted by Gasteiger charge is 2.44. The van der Waals surface area contributed by atoms with Crippen molar-refractivity contribution >= 4 is 40.7 Å². The lowest BCUT2D eigenvalue weighted by Crippen LogP contribution is -2.55. The molecule has 0 aliphatic carbocycles. The van der Waals surface area contributed by atoms with Gasteiger partial charge in [0.05, 0.1) is 33.4 Å². The van der Waals surface area contributed by atoms with Gasteiger partial charge in [0.25, 0.3) is 0 Å². The number of esters is 2. The summed E-state index contributed by atoms with van der Waals surface area (Å²) in [6.07, 6.45) is 2.84. The van der Waals surface area contributed by atoms with E-state index in [1.165, 1.54) is 32.3 Å². The molecule has 4 rings (SSSR count). The molecular weight excluding hydrogens is 600 g/mol. The van der Waals surface area contributed by atoms with E-state index in [1.807, 2.05) is 0 Å². The second kappa shape index (κ2) is 14.5. The Balaban J connectivity index is 1.69. The summed E-state index contributed by atoms with van der Waals surface area (Å²) in [4.78, 5) is 71.1. The SMILES string of the molecule is COC(=O)c1cc(O[C@@H]2C[C@H]3C(=O)N[C@H](C(=O)OC)C/C=C\CC[C@H](NC(=O)OC(C)(C)C)C(=O)N3C2)c2ccc(OC)cc2n1. The van der Waals surface area contributed by atoms with Crippen molar-refractivity contribution < 1.29 is 47.7 Å². The van der Waals surface area contributed by atoms with Crippen LogP contribution in [-0.2, 0) is 28.6 Å². The number of aromatic nitrogens is 1. The van der Waals surface area contributed by atoms with E-state index in [1.54, 1.807) is 51.1 Å². The van der Waals surface area contributed by atoms with Gasteiger partial charge in [-0.05, 0) is 52.2 Å². The van der Waals surface area contributed by atoms with Crippen LogP contribution in [0.1, 0.15) is 56.9 Å². The van der Waals surface area contributed by atoms with Crippen molar-refractivity contribution in [3.8, 4) is 11.5 Å². The van der Waals surface area contributed by atoms with Crippen molar-refractivity contribution in [2.45, 2.75) is 76.3 Å². The molecule has 2 aromatic rings. The molecule has 0 radical (unpaired) electrons. The Morgan fingerprint density at radius 3 is 2.48 bits per heavy atom. The van der Waals surface area contributed by atoms with Crippen LogP contribution in [0, 0.1) is 0 Å². The number of benzene rings is 1. The average Bonchev–Trinajstić information content (AvgIpc) is 3.44. The summed E-state index contributed by atoms with van der Waals surface area (Å²) < 4.78 is 26.8. The fourth-order valence-corrected chi connectivity index (χ4v) is 5.31. The van der Waals surface area contributed by atoms with E-state index in [2.05, 4.69) is 15.6 Å². The first-order valence-corrected chi connectivity index (χ1v) is 14.9. The number of alkyl carbamates (subject to hydrolysis) is 1. The van der Waals surface area contributed by atoms with Gasteiger partial charge in [0.2, 0.25) is 11.8 Å². The molecule has 1 fully saturated rings. The van der Waals surface area contributed by atoms with Gasteiger partial charge in [-0.15, -0.1) is 0 Å². The smallest absolute Gasteiger partial charge is 0.408 e. The first kappa shape index (κ1) is 34.0. The maximum atomic E-state index is 14.0. The molecule has 248 valence electrons. The number of methoxy groups -OCH3 is 3. The number of rotatable bonds is 6. The van der Waals surface area contributed by atoms with E-state index in [4.69, 9.17) is 23.7 Å². The Bertz CT molecular complexity index is 1520. The van der Waals surface area contributed by atoms with E-state index in [0.717, 1.165) is 0 Å². The van der Waals surface area contributed by atoms with E-state index in [0.29, 0.717) is 23.1 Å². The lowest BCUT2D eigenvalue weighted by atomic mass is 10.1. The molecule has 0 bridgehead atoms. The maximum Gasteiger partial charge on any atom is 0.408 e. The van der Waals surface area contributed by atoms with Gasteiger partial charge in [0.1, 0.15) is 41.3 Å². The van der Waals surface area contributed by atoms with Crippen molar-refractivity contribution in [2.75, 3.05) is 27.9 Å². The van der Waals surface area contributed by atoms with Crippen molar-refractivity contribution in [1.29, 1.82) is 0 Å². The normalized spacial score (nSPS) is 22.8. The molecule has 2 N–H and O–H groups in total. The van der Waals surface area contributed by atoms with Gasteiger partial charge in [-0.1, -0.05) is 12.2 Å². The van der Waals surface area contributed by atoms with Gasteiger partial charge < -0.3 is 39.2 Å². The van der Waals surface area contributed by atoms with Crippen molar-refractivity contribution in [3.05, 3.63) is 42.1 Å². The standard InChI is InChI=1S/C32H40N4O10/c1-32(2,3)46-31(41)35-21-10-8-7-9-11-22(29(39)43-5)34-27(37)25-15-19(17-36(25)28(21)38)45-26-16-24(30(40)44-6)33-23-14-18(42-4)12-13-20(23)26/h7,9,12-14,16,19,21-22,25H,8,10-11,15,17H2,1-6H3,(H,34,37)(H,35,41)/b9-7-/t19-,21+,22+,25+/m1/s1. The molecule has 14 heteroatoms. The predicted octanol–water partition coefficient (Wildman–Crippen LogP) is 2.67. The van der Waals surface area contributed by atoms with Crippen LogP contribution in [0.3, 0.4) is 0 Å². The van der Waals surface area contributed by atoms with E-state index in [-0.39, 0.29) is 37.3 Å². The first-order valence-electron chi connectivity index (χ1n) is 14.9. The third-order valence-electron chi connectivity index (χ3n) is 7.47. The van der Waals surface area contributed by atoms with Crippen molar-refractivity contribution in [3.63, 3.8) is 0 Å². The third kappa shape index (κ3) is 8.23. The second-order valence-corrected chi connectivity index (χ2v) is 11.9. The van der Waals surface area contributed by atoms with E-state index < -0.39 is 59.7 Å². The number of hydrogen-bond donors (Lipinski definition) is 2. The molecule has 14 nitrogen and oxygen atoms in total. The monoisotopic (exact) mass is 640 g/mol. The molecule has 2 aliphatic rings. The number of fused-ring (bicyclic) bond motifs is 2. The highest BCUT2D eigenvalue weighted by atomic mass is 16.6. The topological polar surface area (TPSA) is 172 Å². The number of pyridine rings is 1. The van der Waals surface area contributed by atoms with Crippen LogP contribution in [0.4, 0.5) is 4.79 Å². The number of carbonyl (C=O) groups is 5. The molecule has 1 aromatic carbocycles. The number of nitrogens with one attached hydrogen (secondary N) is 2. The zero-order chi connectivity index (χ0) is 33.6. The fourth-order valence-electron chi connectivity index (χ4n) is 5.31. The summed E-state index contributed by atoms with van der Waals surface area (Å²) in [7, 11) is 3.97. The molecule has 1 aromatic heterocycles. The van der Waals surface area contributed by atoms with Crippen LogP contribution >= 0.6 is 0 Å². The average molecular weight is 641 g/mol. The van der Waals surface area contributed by atoms with Crippen LogP contribution < -0.4 is 20.1 Å². The van der Waals surface area contributed by atoms with Gasteiger partial charge >= 0.3 is 18.0 Å². The molecule has 0 spiro atoms. The summed E-state index contributed by atoms with van der Waals surface area (Å²) in [5.41, 5.74) is -0.394. The van der Waals surface area contributed by atoms with Gasteiger partial charge in [0.15, 0.2) is 5.69 Å². The molecule has 46 heavy (non-hydrogen) atoms. The number of amides is 3. The van der Waals surface area contributed by atoms with E-state index >= 15 is 0 Å². The van der Waals surface area contributed by atoms with Crippen LogP contribution in [0.25, 0.3) is 10.9 Å². The minimum atomic E-state index is -1.05. The highest BCUT2D eigenvalue weighted by Crippen LogP contribution is 2.32. The number of ether oxygens (including phenoxy) is 5. The molecule has 2 aliphatic heterocycles. The minimum absolute atomic E-state index is 0.00749. The highest BCUT2D eigenvalue weighted by molar-refractivity contribution is 5.95. The Kier molecular flexibility index (Phi) is 10.7. The molecule has 3 heterocycles. The van der Waals surface area contributed by atoms with Gasteiger partial charge in [-0.25, -0.2) is 19.4 Å². The number of hydrogen-bond acceptors (Lipinski definition) is 11. The second-order valence-electron chi connectivity index (χ2n) is 11.9. The van der Waals surface area contributed by atoms with Crippen LogP contribution in [0.2, 0.25) is 0 Å². The summed E-state index contributed by atoms with van der Waals surface area (Å²) in [5, 5.41) is 5.94. The summed E-state index contributed by atoms with van der Waals surface area (Å²) in [5.74, 6) is -1.61. The summed E-state index contributed by atoms with van der Waals surface area (Å²) in [6.45, 7) is 5.10. The van der Waals surface area contributed by atoms with Crippen LogP contribution in [-0.4, -0.2) is 97.4 Å². The van der Waals surface area contributed by atoms with Crippen molar-refractivity contribution in [2.24, 2.45) is 0 Å². The minimum Gasteiger partial charge on any atom is -0.497 e. The predicted molar refractivity (Wildman–Crippen MR) is 164 cm³/mol. The summed E-state index contributed by atoms with van der Waals surface area (Å²) >= 11 is 0. The summed E-state index contributed by atoms with van der Waals surface area (Å²) in [6, 6.07) is 3.49. The van der Waals surface area contributed by atoms with Crippen LogP contribution in [0.5, 0.6) is 11.5 Å². The maximum absolute atomic E-state index is 14.0. The zero-order valence-electron chi connectivity index (χ0n) is 26.8. The largest absolute Gasteiger partial charge is 0.497 e. The van der Waals surface area contributed by atoms with Crippen molar-refractivity contribution in [1.82, 2.24) is 20.5 Å².